The lowest BCUT2D eigenvalue weighted by molar-refractivity contribution is 0.0702. The van der Waals surface area contributed by atoms with Crippen LogP contribution in [0.2, 0.25) is 0 Å². The SMILES string of the molecule is O=C(O)c1cn2c(=O)c(Br)c(/C=C/c3ccccc3)nc2s1. The molecule has 3 rings (SSSR count). The summed E-state index contributed by atoms with van der Waals surface area (Å²) in [5.41, 5.74) is 1.11. The summed E-state index contributed by atoms with van der Waals surface area (Å²) in [6, 6.07) is 9.62. The Balaban J connectivity index is 2.10. The van der Waals surface area contributed by atoms with E-state index in [1.807, 2.05) is 36.4 Å². The monoisotopic (exact) mass is 376 g/mol. The summed E-state index contributed by atoms with van der Waals surface area (Å²) < 4.78 is 1.53. The van der Waals surface area contributed by atoms with Crippen LogP contribution in [0.5, 0.6) is 0 Å². The Hall–Kier alpha value is -2.25. The quantitative estimate of drug-likeness (QED) is 0.760. The fourth-order valence-electron chi connectivity index (χ4n) is 1.88. The van der Waals surface area contributed by atoms with Gasteiger partial charge in [0.25, 0.3) is 5.56 Å². The van der Waals surface area contributed by atoms with E-state index in [1.54, 1.807) is 6.08 Å². The van der Waals surface area contributed by atoms with E-state index >= 15 is 0 Å². The fourth-order valence-corrected chi connectivity index (χ4v) is 3.12. The predicted molar refractivity (Wildman–Crippen MR) is 89.4 cm³/mol. The summed E-state index contributed by atoms with van der Waals surface area (Å²) in [7, 11) is 0. The molecule has 3 aromatic rings. The van der Waals surface area contributed by atoms with Crippen LogP contribution in [0.4, 0.5) is 0 Å². The lowest BCUT2D eigenvalue weighted by Gasteiger charge is -1.99. The Morgan fingerprint density at radius 3 is 2.68 bits per heavy atom. The van der Waals surface area contributed by atoms with Crippen molar-refractivity contribution in [3.8, 4) is 0 Å². The first kappa shape index (κ1) is 14.7. The lowest BCUT2D eigenvalue weighted by atomic mass is 10.2. The second-order valence-electron chi connectivity index (χ2n) is 4.41. The predicted octanol–water partition coefficient (Wildman–Crippen LogP) is 3.39. The van der Waals surface area contributed by atoms with Gasteiger partial charge in [-0.2, -0.15) is 0 Å². The van der Waals surface area contributed by atoms with Crippen LogP contribution in [0.25, 0.3) is 17.1 Å². The van der Waals surface area contributed by atoms with Gasteiger partial charge < -0.3 is 5.11 Å². The Bertz CT molecular complexity index is 945. The van der Waals surface area contributed by atoms with Crippen molar-refractivity contribution < 1.29 is 9.90 Å². The topological polar surface area (TPSA) is 71.7 Å². The number of fused-ring (bicyclic) bond motifs is 1. The molecule has 0 aliphatic heterocycles. The molecule has 0 spiro atoms. The van der Waals surface area contributed by atoms with E-state index in [-0.39, 0.29) is 10.4 Å². The average Bonchev–Trinajstić information content (AvgIpc) is 2.95. The van der Waals surface area contributed by atoms with Crippen molar-refractivity contribution in [2.45, 2.75) is 0 Å². The third-order valence-corrected chi connectivity index (χ3v) is 4.66. The van der Waals surface area contributed by atoms with Gasteiger partial charge in [-0.15, -0.1) is 0 Å². The Kier molecular flexibility index (Phi) is 3.91. The number of hydrogen-bond acceptors (Lipinski definition) is 4. The molecule has 7 heteroatoms. The van der Waals surface area contributed by atoms with Gasteiger partial charge in [0, 0.05) is 6.20 Å². The van der Waals surface area contributed by atoms with Crippen molar-refractivity contribution in [2.75, 3.05) is 0 Å². The number of carboxylic acids is 1. The summed E-state index contributed by atoms with van der Waals surface area (Å²) in [5, 5.41) is 9.01. The molecule has 0 radical (unpaired) electrons. The van der Waals surface area contributed by atoms with Gasteiger partial charge in [0.1, 0.15) is 9.35 Å². The van der Waals surface area contributed by atoms with Gasteiger partial charge in [0.15, 0.2) is 4.96 Å². The molecule has 0 amide bonds. The smallest absolute Gasteiger partial charge is 0.347 e. The van der Waals surface area contributed by atoms with Gasteiger partial charge in [-0.05, 0) is 27.6 Å². The van der Waals surface area contributed by atoms with E-state index in [9.17, 15) is 9.59 Å². The van der Waals surface area contributed by atoms with Gasteiger partial charge in [0.2, 0.25) is 0 Å². The highest BCUT2D eigenvalue weighted by Gasteiger charge is 2.14. The number of benzene rings is 1. The van der Waals surface area contributed by atoms with Crippen LogP contribution in [0.3, 0.4) is 0 Å². The van der Waals surface area contributed by atoms with E-state index in [4.69, 9.17) is 5.11 Å². The zero-order valence-corrected chi connectivity index (χ0v) is 13.5. The second-order valence-corrected chi connectivity index (χ2v) is 6.22. The van der Waals surface area contributed by atoms with Gasteiger partial charge in [-0.1, -0.05) is 47.7 Å². The van der Waals surface area contributed by atoms with Crippen molar-refractivity contribution in [1.82, 2.24) is 9.38 Å². The molecule has 5 nitrogen and oxygen atoms in total. The lowest BCUT2D eigenvalue weighted by Crippen LogP contribution is -2.15. The second kappa shape index (κ2) is 5.86. The standard InChI is InChI=1S/C15H9BrN2O3S/c16-12-10(7-6-9-4-2-1-3-5-9)17-15-18(13(12)19)8-11(22-15)14(20)21/h1-8H,(H,20,21)/b7-6+. The number of nitrogens with zero attached hydrogens (tertiary/aromatic N) is 2. The van der Waals surface area contributed by atoms with Gasteiger partial charge in [0.05, 0.1) is 5.69 Å². The molecule has 1 aromatic carbocycles. The highest BCUT2D eigenvalue weighted by molar-refractivity contribution is 9.10. The minimum Gasteiger partial charge on any atom is -0.477 e. The molecular weight excluding hydrogens is 368 g/mol. The van der Waals surface area contributed by atoms with E-state index in [0.29, 0.717) is 15.1 Å². The van der Waals surface area contributed by atoms with Crippen LogP contribution in [0.1, 0.15) is 20.9 Å². The Morgan fingerprint density at radius 1 is 1.27 bits per heavy atom. The number of carboxylic acid groups (broad SMARTS) is 1. The molecule has 0 bridgehead atoms. The van der Waals surface area contributed by atoms with Crippen LogP contribution >= 0.6 is 27.3 Å². The zero-order chi connectivity index (χ0) is 15.7. The van der Waals surface area contributed by atoms with E-state index in [1.165, 1.54) is 10.6 Å². The third kappa shape index (κ3) is 2.72. The number of thiazole rings is 1. The van der Waals surface area contributed by atoms with Crippen LogP contribution in [0.15, 0.2) is 45.8 Å². The molecule has 0 aliphatic rings. The molecule has 110 valence electrons. The molecular formula is C15H9BrN2O3S. The highest BCUT2D eigenvalue weighted by Crippen LogP contribution is 2.20. The number of aromatic nitrogens is 2. The number of rotatable bonds is 3. The molecule has 0 aliphatic carbocycles. The van der Waals surface area contributed by atoms with Crippen LogP contribution in [-0.4, -0.2) is 20.5 Å². The van der Waals surface area contributed by atoms with Crippen LogP contribution in [0, 0.1) is 0 Å². The third-order valence-electron chi connectivity index (χ3n) is 2.95. The molecule has 0 saturated carbocycles. The number of hydrogen-bond donors (Lipinski definition) is 1. The molecule has 0 atom stereocenters. The number of carbonyl (C=O) groups is 1. The summed E-state index contributed by atoms with van der Waals surface area (Å²) in [6.07, 6.45) is 4.85. The molecule has 0 saturated heterocycles. The first-order valence-electron chi connectivity index (χ1n) is 6.24. The van der Waals surface area contributed by atoms with E-state index < -0.39 is 5.97 Å². The van der Waals surface area contributed by atoms with Crippen molar-refractivity contribution in [2.24, 2.45) is 0 Å². The first-order chi connectivity index (χ1) is 10.6. The summed E-state index contributed by atoms with van der Waals surface area (Å²) >= 11 is 4.19. The number of halogens is 1. The maximum atomic E-state index is 12.3. The van der Waals surface area contributed by atoms with E-state index in [2.05, 4.69) is 20.9 Å². The Morgan fingerprint density at radius 2 is 2.00 bits per heavy atom. The molecule has 2 aromatic heterocycles. The van der Waals surface area contributed by atoms with Crippen LogP contribution in [-0.2, 0) is 0 Å². The maximum absolute atomic E-state index is 12.3. The Labute approximate surface area is 137 Å². The van der Waals surface area contributed by atoms with Gasteiger partial charge in [-0.3, -0.25) is 9.20 Å². The molecule has 0 fully saturated rings. The van der Waals surface area contributed by atoms with Crippen molar-refractivity contribution >= 4 is 50.3 Å². The minimum absolute atomic E-state index is 0.0701. The summed E-state index contributed by atoms with van der Waals surface area (Å²) in [6.45, 7) is 0. The zero-order valence-electron chi connectivity index (χ0n) is 11.1. The molecule has 1 N–H and O–H groups in total. The van der Waals surface area contributed by atoms with Crippen LogP contribution < -0.4 is 5.56 Å². The first-order valence-corrected chi connectivity index (χ1v) is 7.85. The highest BCUT2D eigenvalue weighted by atomic mass is 79.9. The normalized spacial score (nSPS) is 11.3. The number of aromatic carboxylic acids is 1. The van der Waals surface area contributed by atoms with Crippen molar-refractivity contribution in [3.63, 3.8) is 0 Å². The largest absolute Gasteiger partial charge is 0.477 e. The molecule has 22 heavy (non-hydrogen) atoms. The minimum atomic E-state index is -1.08. The average molecular weight is 377 g/mol. The van der Waals surface area contributed by atoms with E-state index in [0.717, 1.165) is 16.9 Å². The van der Waals surface area contributed by atoms with Gasteiger partial charge >= 0.3 is 5.97 Å². The molecule has 0 unspecified atom stereocenters. The van der Waals surface area contributed by atoms with Crippen molar-refractivity contribution in [3.05, 3.63) is 67.5 Å². The summed E-state index contributed by atoms with van der Waals surface area (Å²) in [5.74, 6) is -1.08. The van der Waals surface area contributed by atoms with Gasteiger partial charge in [-0.25, -0.2) is 9.78 Å². The maximum Gasteiger partial charge on any atom is 0.347 e. The van der Waals surface area contributed by atoms with Crippen molar-refractivity contribution in [1.29, 1.82) is 0 Å². The summed E-state index contributed by atoms with van der Waals surface area (Å²) in [4.78, 5) is 28.0. The molecule has 2 heterocycles. The fraction of sp³-hybridized carbons (Fsp3) is 0.